The van der Waals surface area contributed by atoms with Gasteiger partial charge >= 0.3 is 0 Å². The quantitative estimate of drug-likeness (QED) is 0.703. The Morgan fingerprint density at radius 1 is 1.10 bits per heavy atom. The number of Topliss-reactive ketones (excluding diaryl/α,β-unsaturated/α-hetero) is 1. The summed E-state index contributed by atoms with van der Waals surface area (Å²) in [6, 6.07) is 8.27. The van der Waals surface area contributed by atoms with Gasteiger partial charge in [-0.25, -0.2) is 0 Å². The molecule has 0 radical (unpaired) electrons. The molecular formula is C19H26O. The Hall–Kier alpha value is -1.11. The molecule has 0 amide bonds. The molecule has 2 saturated carbocycles. The van der Waals surface area contributed by atoms with E-state index < -0.39 is 0 Å². The second kappa shape index (κ2) is 6.11. The molecule has 108 valence electrons. The lowest BCUT2D eigenvalue weighted by Crippen LogP contribution is -2.31. The highest BCUT2D eigenvalue weighted by molar-refractivity contribution is 5.98. The van der Waals surface area contributed by atoms with Crippen molar-refractivity contribution in [2.45, 2.75) is 58.3 Å². The molecule has 2 aliphatic rings. The third-order valence-electron chi connectivity index (χ3n) is 5.53. The number of hydrogen-bond acceptors (Lipinski definition) is 1. The van der Waals surface area contributed by atoms with E-state index in [1.807, 2.05) is 12.1 Å². The summed E-state index contributed by atoms with van der Waals surface area (Å²) in [4.78, 5) is 12.7. The summed E-state index contributed by atoms with van der Waals surface area (Å²) < 4.78 is 0. The van der Waals surface area contributed by atoms with Crippen LogP contribution in [0, 0.1) is 17.8 Å². The molecule has 20 heavy (non-hydrogen) atoms. The van der Waals surface area contributed by atoms with Crippen LogP contribution in [0.4, 0.5) is 0 Å². The van der Waals surface area contributed by atoms with Gasteiger partial charge in [0, 0.05) is 11.5 Å². The van der Waals surface area contributed by atoms with Crippen LogP contribution in [-0.4, -0.2) is 5.78 Å². The summed E-state index contributed by atoms with van der Waals surface area (Å²) in [5, 5.41) is 0. The Balaban J connectivity index is 1.70. The average molecular weight is 270 g/mol. The SMILES string of the molecule is CCc1cccc(C(=O)C2CCC3CCCCC3C2)c1. The van der Waals surface area contributed by atoms with Crippen molar-refractivity contribution in [3.05, 3.63) is 35.4 Å². The van der Waals surface area contributed by atoms with Crippen molar-refractivity contribution in [2.24, 2.45) is 17.8 Å². The van der Waals surface area contributed by atoms with E-state index in [0.29, 0.717) is 11.7 Å². The maximum Gasteiger partial charge on any atom is 0.165 e. The molecule has 0 bridgehead atoms. The summed E-state index contributed by atoms with van der Waals surface area (Å²) >= 11 is 0. The molecule has 3 atom stereocenters. The number of fused-ring (bicyclic) bond motifs is 1. The molecule has 3 rings (SSSR count). The Morgan fingerprint density at radius 3 is 2.70 bits per heavy atom. The van der Waals surface area contributed by atoms with E-state index >= 15 is 0 Å². The van der Waals surface area contributed by atoms with Crippen molar-refractivity contribution >= 4 is 5.78 Å². The molecule has 2 fully saturated rings. The van der Waals surface area contributed by atoms with Crippen molar-refractivity contribution in [3.63, 3.8) is 0 Å². The van der Waals surface area contributed by atoms with Gasteiger partial charge in [0.1, 0.15) is 0 Å². The van der Waals surface area contributed by atoms with Gasteiger partial charge in [0.15, 0.2) is 5.78 Å². The van der Waals surface area contributed by atoms with Gasteiger partial charge in [0.25, 0.3) is 0 Å². The van der Waals surface area contributed by atoms with Gasteiger partial charge in [0.2, 0.25) is 0 Å². The van der Waals surface area contributed by atoms with Crippen LogP contribution in [0.25, 0.3) is 0 Å². The number of carbonyl (C=O) groups excluding carboxylic acids is 1. The van der Waals surface area contributed by atoms with Crippen LogP contribution in [0.1, 0.15) is 67.8 Å². The summed E-state index contributed by atoms with van der Waals surface area (Å²) in [6.45, 7) is 2.15. The standard InChI is InChI=1S/C19H26O/c1-2-14-6-5-9-17(12-14)19(20)18-11-10-15-7-3-4-8-16(15)13-18/h5-6,9,12,15-16,18H,2-4,7-8,10-11,13H2,1H3. The van der Waals surface area contributed by atoms with E-state index in [4.69, 9.17) is 0 Å². The zero-order valence-electron chi connectivity index (χ0n) is 12.6. The van der Waals surface area contributed by atoms with Crippen molar-refractivity contribution in [1.29, 1.82) is 0 Å². The average Bonchev–Trinajstić information content (AvgIpc) is 2.53. The highest BCUT2D eigenvalue weighted by Gasteiger charge is 2.35. The van der Waals surface area contributed by atoms with E-state index in [0.717, 1.165) is 36.7 Å². The fourth-order valence-corrected chi connectivity index (χ4v) is 4.29. The van der Waals surface area contributed by atoms with Crippen LogP contribution in [0.2, 0.25) is 0 Å². The molecule has 0 spiro atoms. The fraction of sp³-hybridized carbons (Fsp3) is 0.632. The van der Waals surface area contributed by atoms with Gasteiger partial charge in [-0.05, 0) is 49.1 Å². The van der Waals surface area contributed by atoms with Crippen molar-refractivity contribution in [1.82, 2.24) is 0 Å². The lowest BCUT2D eigenvalue weighted by atomic mass is 9.66. The third-order valence-corrected chi connectivity index (χ3v) is 5.53. The normalized spacial score (nSPS) is 29.8. The molecule has 0 aliphatic heterocycles. The first-order valence-corrected chi connectivity index (χ1v) is 8.41. The Morgan fingerprint density at radius 2 is 1.90 bits per heavy atom. The summed E-state index contributed by atoms with van der Waals surface area (Å²) in [7, 11) is 0. The summed E-state index contributed by atoms with van der Waals surface area (Å²) in [5.74, 6) is 2.46. The smallest absolute Gasteiger partial charge is 0.165 e. The van der Waals surface area contributed by atoms with Crippen LogP contribution >= 0.6 is 0 Å². The minimum absolute atomic E-state index is 0.293. The maximum atomic E-state index is 12.7. The van der Waals surface area contributed by atoms with Crippen molar-refractivity contribution in [2.75, 3.05) is 0 Å². The number of ketones is 1. The Bertz CT molecular complexity index is 476. The van der Waals surface area contributed by atoms with E-state index in [1.165, 1.54) is 37.7 Å². The van der Waals surface area contributed by atoms with E-state index in [-0.39, 0.29) is 0 Å². The topological polar surface area (TPSA) is 17.1 Å². The van der Waals surface area contributed by atoms with Gasteiger partial charge in [0.05, 0.1) is 0 Å². The van der Waals surface area contributed by atoms with Gasteiger partial charge in [-0.15, -0.1) is 0 Å². The highest BCUT2D eigenvalue weighted by Crippen LogP contribution is 2.43. The van der Waals surface area contributed by atoms with Gasteiger partial charge < -0.3 is 0 Å². The van der Waals surface area contributed by atoms with Crippen LogP contribution in [0.15, 0.2) is 24.3 Å². The lowest BCUT2D eigenvalue weighted by Gasteiger charge is -2.38. The second-order valence-corrected chi connectivity index (χ2v) is 6.73. The first kappa shape index (κ1) is 13.9. The first-order chi connectivity index (χ1) is 9.78. The minimum Gasteiger partial charge on any atom is -0.294 e. The monoisotopic (exact) mass is 270 g/mol. The number of hydrogen-bond donors (Lipinski definition) is 0. The maximum absolute atomic E-state index is 12.7. The third kappa shape index (κ3) is 2.82. The van der Waals surface area contributed by atoms with E-state index in [1.54, 1.807) is 0 Å². The fourth-order valence-electron chi connectivity index (χ4n) is 4.29. The molecule has 2 aliphatic carbocycles. The largest absolute Gasteiger partial charge is 0.294 e. The molecule has 0 aromatic heterocycles. The Kier molecular flexibility index (Phi) is 4.24. The first-order valence-electron chi connectivity index (χ1n) is 8.41. The second-order valence-electron chi connectivity index (χ2n) is 6.73. The number of carbonyl (C=O) groups is 1. The van der Waals surface area contributed by atoms with Gasteiger partial charge in [-0.3, -0.25) is 4.79 Å². The van der Waals surface area contributed by atoms with Gasteiger partial charge in [-0.1, -0.05) is 50.8 Å². The van der Waals surface area contributed by atoms with Crippen molar-refractivity contribution in [3.8, 4) is 0 Å². The highest BCUT2D eigenvalue weighted by atomic mass is 16.1. The number of benzene rings is 1. The number of rotatable bonds is 3. The van der Waals surface area contributed by atoms with Crippen LogP contribution in [0.5, 0.6) is 0 Å². The van der Waals surface area contributed by atoms with Gasteiger partial charge in [-0.2, -0.15) is 0 Å². The molecule has 0 N–H and O–H groups in total. The predicted octanol–water partition coefficient (Wildman–Crippen LogP) is 5.04. The molecule has 1 aromatic rings. The lowest BCUT2D eigenvalue weighted by molar-refractivity contribution is 0.0763. The molecular weight excluding hydrogens is 244 g/mol. The molecule has 3 unspecified atom stereocenters. The zero-order valence-corrected chi connectivity index (χ0v) is 12.6. The molecule has 0 heterocycles. The van der Waals surface area contributed by atoms with E-state index in [9.17, 15) is 4.79 Å². The summed E-state index contributed by atoms with van der Waals surface area (Å²) in [6.07, 6.45) is 10.1. The van der Waals surface area contributed by atoms with Crippen LogP contribution < -0.4 is 0 Å². The zero-order chi connectivity index (χ0) is 13.9. The van der Waals surface area contributed by atoms with E-state index in [2.05, 4.69) is 19.1 Å². The molecule has 1 aromatic carbocycles. The van der Waals surface area contributed by atoms with Crippen LogP contribution in [-0.2, 0) is 6.42 Å². The molecule has 1 heteroatoms. The summed E-state index contributed by atoms with van der Waals surface area (Å²) in [5.41, 5.74) is 2.23. The van der Waals surface area contributed by atoms with Crippen LogP contribution in [0.3, 0.4) is 0 Å². The molecule has 0 saturated heterocycles. The number of aryl methyl sites for hydroxylation is 1. The van der Waals surface area contributed by atoms with Crippen molar-refractivity contribution < 1.29 is 4.79 Å². The Labute approximate surface area is 122 Å². The minimum atomic E-state index is 0.293. The molecule has 1 nitrogen and oxygen atoms in total. The predicted molar refractivity (Wildman–Crippen MR) is 82.9 cm³/mol.